The molecule has 3 rings (SSSR count). The van der Waals surface area contributed by atoms with Gasteiger partial charge in [-0.05, 0) is 19.9 Å². The normalized spacial score (nSPS) is 13.7. The standard InChI is InChI=1S/C17H15F6N5O2/c1-16(2,29)13(9-4-3-8(5-10(9)18)30-17(21,22)23)27-12-6-11(14(19)20)26-15-24-7-25-28(12)15/h3-7,13-14,27,29H,1-2H3. The summed E-state index contributed by atoms with van der Waals surface area (Å²) in [6.45, 7) is 2.61. The highest BCUT2D eigenvalue weighted by molar-refractivity contribution is 5.48. The Balaban J connectivity index is 2.03. The van der Waals surface area contributed by atoms with Crippen LogP contribution in [0.2, 0.25) is 0 Å². The van der Waals surface area contributed by atoms with Crippen LogP contribution < -0.4 is 10.1 Å². The van der Waals surface area contributed by atoms with Crippen molar-refractivity contribution in [3.8, 4) is 5.75 Å². The first-order valence-corrected chi connectivity index (χ1v) is 8.38. The van der Waals surface area contributed by atoms with Crippen molar-refractivity contribution in [2.45, 2.75) is 38.3 Å². The number of aromatic nitrogens is 4. The summed E-state index contributed by atoms with van der Waals surface area (Å²) in [7, 11) is 0. The van der Waals surface area contributed by atoms with Gasteiger partial charge in [-0.15, -0.1) is 13.2 Å². The summed E-state index contributed by atoms with van der Waals surface area (Å²) in [5.74, 6) is -2.16. The van der Waals surface area contributed by atoms with Gasteiger partial charge in [0.25, 0.3) is 12.2 Å². The molecule has 3 aromatic rings. The Hall–Kier alpha value is -3.09. The maximum atomic E-state index is 14.6. The zero-order valence-electron chi connectivity index (χ0n) is 15.5. The molecule has 0 saturated carbocycles. The van der Waals surface area contributed by atoms with Crippen LogP contribution in [0.4, 0.5) is 32.2 Å². The molecule has 0 aliphatic heterocycles. The number of anilines is 1. The zero-order valence-corrected chi connectivity index (χ0v) is 15.5. The SMILES string of the molecule is CC(C)(O)C(Nc1cc(C(F)F)nc2ncnn12)c1ccc(OC(F)(F)F)cc1F. The predicted molar refractivity (Wildman–Crippen MR) is 91.5 cm³/mol. The lowest BCUT2D eigenvalue weighted by Crippen LogP contribution is -2.35. The summed E-state index contributed by atoms with van der Waals surface area (Å²) < 4.78 is 82.7. The van der Waals surface area contributed by atoms with E-state index in [-0.39, 0.29) is 17.2 Å². The minimum Gasteiger partial charge on any atom is -0.406 e. The van der Waals surface area contributed by atoms with Gasteiger partial charge in [0.15, 0.2) is 0 Å². The average molecular weight is 435 g/mol. The molecular formula is C17H15F6N5O2. The molecule has 0 amide bonds. The first kappa shape index (κ1) is 21.6. The molecule has 0 aliphatic carbocycles. The van der Waals surface area contributed by atoms with Gasteiger partial charge in [-0.25, -0.2) is 18.2 Å². The molecule has 2 N–H and O–H groups in total. The van der Waals surface area contributed by atoms with Crippen LogP contribution in [0.3, 0.4) is 0 Å². The molecule has 2 heterocycles. The van der Waals surface area contributed by atoms with Crippen molar-refractivity contribution in [1.82, 2.24) is 19.6 Å². The number of nitrogens with zero attached hydrogens (tertiary/aromatic N) is 4. The summed E-state index contributed by atoms with van der Waals surface area (Å²) in [6, 6.07) is 2.03. The van der Waals surface area contributed by atoms with Crippen molar-refractivity contribution in [3.05, 3.63) is 47.7 Å². The summed E-state index contributed by atoms with van der Waals surface area (Å²) in [5, 5.41) is 17.1. The Morgan fingerprint density at radius 2 is 1.87 bits per heavy atom. The fourth-order valence-corrected chi connectivity index (χ4v) is 2.77. The van der Waals surface area contributed by atoms with Gasteiger partial charge in [-0.1, -0.05) is 6.07 Å². The topological polar surface area (TPSA) is 84.6 Å². The maximum Gasteiger partial charge on any atom is 0.573 e. The molecule has 2 aromatic heterocycles. The number of aliphatic hydroxyl groups is 1. The minimum absolute atomic E-state index is 0.0880. The van der Waals surface area contributed by atoms with Crippen LogP contribution in [0, 0.1) is 5.82 Å². The molecule has 1 aromatic carbocycles. The lowest BCUT2D eigenvalue weighted by molar-refractivity contribution is -0.274. The molecule has 0 fully saturated rings. The number of nitrogens with one attached hydrogen (secondary N) is 1. The largest absolute Gasteiger partial charge is 0.573 e. The van der Waals surface area contributed by atoms with Gasteiger partial charge in [-0.2, -0.15) is 14.6 Å². The van der Waals surface area contributed by atoms with Crippen LogP contribution in [0.1, 0.15) is 37.6 Å². The quantitative estimate of drug-likeness (QED) is 0.569. The Morgan fingerprint density at radius 1 is 1.17 bits per heavy atom. The van der Waals surface area contributed by atoms with Crippen molar-refractivity contribution in [2.24, 2.45) is 0 Å². The monoisotopic (exact) mass is 435 g/mol. The molecule has 30 heavy (non-hydrogen) atoms. The number of fused-ring (bicyclic) bond motifs is 1. The summed E-state index contributed by atoms with van der Waals surface area (Å²) in [4.78, 5) is 7.38. The maximum absolute atomic E-state index is 14.6. The smallest absolute Gasteiger partial charge is 0.406 e. The lowest BCUT2D eigenvalue weighted by atomic mass is 9.91. The Labute approximate surface area is 165 Å². The Morgan fingerprint density at radius 3 is 2.43 bits per heavy atom. The van der Waals surface area contributed by atoms with Crippen molar-refractivity contribution >= 4 is 11.6 Å². The Kier molecular flexibility index (Phi) is 5.50. The number of ether oxygens (including phenoxy) is 1. The second-order valence-electron chi connectivity index (χ2n) is 6.80. The van der Waals surface area contributed by atoms with Crippen LogP contribution in [0.5, 0.6) is 5.75 Å². The van der Waals surface area contributed by atoms with E-state index in [0.29, 0.717) is 6.07 Å². The molecule has 13 heteroatoms. The highest BCUT2D eigenvalue weighted by Crippen LogP contribution is 2.34. The number of alkyl halides is 5. The second-order valence-corrected chi connectivity index (χ2v) is 6.80. The van der Waals surface area contributed by atoms with Crippen molar-refractivity contribution in [3.63, 3.8) is 0 Å². The lowest BCUT2D eigenvalue weighted by Gasteiger charge is -2.32. The Bertz CT molecular complexity index is 1050. The van der Waals surface area contributed by atoms with Crippen LogP contribution in [-0.2, 0) is 0 Å². The molecule has 0 aliphatic rings. The number of halogens is 6. The van der Waals surface area contributed by atoms with E-state index in [2.05, 4.69) is 25.1 Å². The van der Waals surface area contributed by atoms with Gasteiger partial charge in [-0.3, -0.25) is 0 Å². The second kappa shape index (κ2) is 7.63. The molecule has 162 valence electrons. The number of hydrogen-bond donors (Lipinski definition) is 2. The summed E-state index contributed by atoms with van der Waals surface area (Å²) >= 11 is 0. The molecule has 0 spiro atoms. The van der Waals surface area contributed by atoms with Crippen LogP contribution >= 0.6 is 0 Å². The van der Waals surface area contributed by atoms with Gasteiger partial charge in [0.1, 0.15) is 29.4 Å². The third-order valence-corrected chi connectivity index (χ3v) is 4.01. The fraction of sp³-hybridized carbons (Fsp3) is 0.353. The van der Waals surface area contributed by atoms with E-state index in [9.17, 15) is 31.4 Å². The number of rotatable bonds is 6. The summed E-state index contributed by atoms with van der Waals surface area (Å²) in [6.07, 6.45) is -6.89. The number of benzene rings is 1. The molecule has 1 atom stereocenters. The average Bonchev–Trinajstić information content (AvgIpc) is 3.06. The van der Waals surface area contributed by atoms with Crippen LogP contribution in [-0.4, -0.2) is 36.7 Å². The van der Waals surface area contributed by atoms with E-state index in [1.54, 1.807) is 0 Å². The molecule has 0 radical (unpaired) electrons. The molecule has 0 saturated heterocycles. The highest BCUT2D eigenvalue weighted by Gasteiger charge is 2.34. The van der Waals surface area contributed by atoms with Gasteiger partial charge in [0.05, 0.1) is 11.6 Å². The highest BCUT2D eigenvalue weighted by atomic mass is 19.4. The fourth-order valence-electron chi connectivity index (χ4n) is 2.77. The van der Waals surface area contributed by atoms with Gasteiger partial charge >= 0.3 is 6.36 Å². The van der Waals surface area contributed by atoms with E-state index >= 15 is 0 Å². The molecular weight excluding hydrogens is 420 g/mol. The van der Waals surface area contributed by atoms with E-state index in [4.69, 9.17) is 0 Å². The third kappa shape index (κ3) is 4.72. The van der Waals surface area contributed by atoms with E-state index in [1.807, 2.05) is 0 Å². The van der Waals surface area contributed by atoms with Gasteiger partial charge in [0.2, 0.25) is 0 Å². The predicted octanol–water partition coefficient (Wildman–Crippen LogP) is 4.02. The first-order valence-electron chi connectivity index (χ1n) is 8.38. The third-order valence-electron chi connectivity index (χ3n) is 4.01. The van der Waals surface area contributed by atoms with E-state index < -0.39 is 41.7 Å². The number of hydrogen-bond acceptors (Lipinski definition) is 6. The first-order chi connectivity index (χ1) is 13.8. The minimum atomic E-state index is -5.01. The van der Waals surface area contributed by atoms with Crippen LogP contribution in [0.25, 0.3) is 5.78 Å². The van der Waals surface area contributed by atoms with E-state index in [1.165, 1.54) is 13.8 Å². The van der Waals surface area contributed by atoms with Crippen molar-refractivity contribution < 1.29 is 36.2 Å². The van der Waals surface area contributed by atoms with Gasteiger partial charge < -0.3 is 15.2 Å². The summed E-state index contributed by atoms with van der Waals surface area (Å²) in [5.41, 5.74) is -2.56. The van der Waals surface area contributed by atoms with E-state index in [0.717, 1.165) is 29.0 Å². The van der Waals surface area contributed by atoms with Crippen molar-refractivity contribution in [1.29, 1.82) is 0 Å². The molecule has 7 nitrogen and oxygen atoms in total. The molecule has 1 unspecified atom stereocenters. The van der Waals surface area contributed by atoms with Crippen LogP contribution in [0.15, 0.2) is 30.6 Å². The van der Waals surface area contributed by atoms with Crippen molar-refractivity contribution in [2.75, 3.05) is 5.32 Å². The zero-order chi connectivity index (χ0) is 22.3. The molecule has 0 bridgehead atoms. The van der Waals surface area contributed by atoms with Gasteiger partial charge in [0, 0.05) is 17.7 Å².